The van der Waals surface area contributed by atoms with Crippen LogP contribution in [-0.2, 0) is 26.6 Å². The molecule has 0 spiro atoms. The summed E-state index contributed by atoms with van der Waals surface area (Å²) >= 11 is 0. The van der Waals surface area contributed by atoms with Gasteiger partial charge in [-0.1, -0.05) is 81.4 Å². The van der Waals surface area contributed by atoms with Crippen LogP contribution < -0.4 is 4.74 Å². The molecule has 0 radical (unpaired) electrons. The Balaban J connectivity index is 2.00. The maximum Gasteiger partial charge on any atom is 0.224 e. The van der Waals surface area contributed by atoms with Crippen LogP contribution in [0.2, 0.25) is 0 Å². The molecule has 0 aliphatic rings. The van der Waals surface area contributed by atoms with Gasteiger partial charge in [-0.2, -0.15) is 0 Å². The van der Waals surface area contributed by atoms with Crippen molar-refractivity contribution in [3.63, 3.8) is 0 Å². The van der Waals surface area contributed by atoms with Gasteiger partial charge in [0.2, 0.25) is 5.91 Å². The van der Waals surface area contributed by atoms with Crippen LogP contribution in [0.5, 0.6) is 5.75 Å². The number of benzene rings is 3. The summed E-state index contributed by atoms with van der Waals surface area (Å²) in [5.74, 6) is 0.230. The third kappa shape index (κ3) is 6.31. The van der Waals surface area contributed by atoms with Gasteiger partial charge in [-0.15, -0.1) is 0 Å². The van der Waals surface area contributed by atoms with E-state index < -0.39 is 15.1 Å². The van der Waals surface area contributed by atoms with Gasteiger partial charge in [-0.05, 0) is 41.7 Å². The molecule has 186 valence electrons. The van der Waals surface area contributed by atoms with E-state index in [0.29, 0.717) is 24.4 Å². The van der Waals surface area contributed by atoms with Crippen molar-refractivity contribution in [3.8, 4) is 5.75 Å². The van der Waals surface area contributed by atoms with Gasteiger partial charge >= 0.3 is 0 Å². The van der Waals surface area contributed by atoms with Crippen LogP contribution in [0.1, 0.15) is 56.1 Å². The predicted octanol–water partition coefficient (Wildman–Crippen LogP) is 5.95. The van der Waals surface area contributed by atoms with Crippen LogP contribution in [0.4, 0.5) is 0 Å². The summed E-state index contributed by atoms with van der Waals surface area (Å²) in [5, 5.41) is -1.07. The maximum absolute atomic E-state index is 13.9. The lowest BCUT2D eigenvalue weighted by atomic mass is 9.87. The van der Waals surface area contributed by atoms with Crippen LogP contribution in [0.3, 0.4) is 0 Å². The fraction of sp³-hybridized carbons (Fsp3) is 0.345. The van der Waals surface area contributed by atoms with E-state index in [1.54, 1.807) is 41.3 Å². The number of hydrogen-bond acceptors (Lipinski definition) is 4. The van der Waals surface area contributed by atoms with E-state index in [1.807, 2.05) is 49.4 Å². The minimum absolute atomic E-state index is 0.0978. The lowest BCUT2D eigenvalue weighted by molar-refractivity contribution is -0.131. The van der Waals surface area contributed by atoms with Crippen molar-refractivity contribution >= 4 is 15.7 Å². The fourth-order valence-corrected chi connectivity index (χ4v) is 5.83. The first-order valence-corrected chi connectivity index (χ1v) is 13.4. The summed E-state index contributed by atoms with van der Waals surface area (Å²) in [6.45, 7) is 9.05. The predicted molar refractivity (Wildman–Crippen MR) is 140 cm³/mol. The highest BCUT2D eigenvalue weighted by Gasteiger charge is 2.34. The summed E-state index contributed by atoms with van der Waals surface area (Å²) in [5.41, 5.74) is 2.43. The van der Waals surface area contributed by atoms with Crippen molar-refractivity contribution in [2.24, 2.45) is 0 Å². The lowest BCUT2D eigenvalue weighted by Crippen LogP contribution is -2.32. The topological polar surface area (TPSA) is 63.7 Å². The highest BCUT2D eigenvalue weighted by Crippen LogP contribution is 2.38. The Morgan fingerprint density at radius 1 is 0.914 bits per heavy atom. The minimum atomic E-state index is -3.89. The minimum Gasteiger partial charge on any atom is -0.496 e. The number of carbonyl (C=O) groups is 1. The van der Waals surface area contributed by atoms with Crippen molar-refractivity contribution in [2.75, 3.05) is 13.7 Å². The highest BCUT2D eigenvalue weighted by molar-refractivity contribution is 7.91. The average Bonchev–Trinajstić information content (AvgIpc) is 2.85. The van der Waals surface area contributed by atoms with Gasteiger partial charge in [0, 0.05) is 25.1 Å². The van der Waals surface area contributed by atoms with Crippen LogP contribution in [0, 0.1) is 0 Å². The first-order chi connectivity index (χ1) is 16.6. The molecule has 6 heteroatoms. The highest BCUT2D eigenvalue weighted by atomic mass is 32.2. The van der Waals surface area contributed by atoms with E-state index in [4.69, 9.17) is 4.74 Å². The molecule has 0 aromatic heterocycles. The molecule has 3 aromatic rings. The molecule has 1 unspecified atom stereocenters. The summed E-state index contributed by atoms with van der Waals surface area (Å²) in [7, 11) is -2.38. The summed E-state index contributed by atoms with van der Waals surface area (Å²) in [6, 6.07) is 23.7. The molecule has 0 fully saturated rings. The van der Waals surface area contributed by atoms with Gasteiger partial charge in [0.05, 0.1) is 12.0 Å². The second kappa shape index (κ2) is 11.1. The van der Waals surface area contributed by atoms with Crippen molar-refractivity contribution < 1.29 is 17.9 Å². The van der Waals surface area contributed by atoms with Gasteiger partial charge in [0.25, 0.3) is 0 Å². The first-order valence-electron chi connectivity index (χ1n) is 11.9. The molecule has 0 saturated heterocycles. The van der Waals surface area contributed by atoms with E-state index in [2.05, 4.69) is 20.8 Å². The molecule has 1 amide bonds. The number of rotatable bonds is 9. The molecular formula is C29H35NO4S. The van der Waals surface area contributed by atoms with Crippen molar-refractivity contribution in [1.82, 2.24) is 4.90 Å². The third-order valence-electron chi connectivity index (χ3n) is 6.22. The van der Waals surface area contributed by atoms with Crippen LogP contribution in [0.25, 0.3) is 0 Å². The zero-order valence-electron chi connectivity index (χ0n) is 21.2. The largest absolute Gasteiger partial charge is 0.496 e. The van der Waals surface area contributed by atoms with E-state index in [0.717, 1.165) is 11.1 Å². The Labute approximate surface area is 209 Å². The number of methoxy groups -OCH3 is 1. The summed E-state index contributed by atoms with van der Waals surface area (Å²) in [4.78, 5) is 15.3. The van der Waals surface area contributed by atoms with Crippen LogP contribution in [0.15, 0.2) is 83.8 Å². The number of ether oxygens (including phenoxy) is 1. The third-order valence-corrected chi connectivity index (χ3v) is 8.32. The fourth-order valence-electron chi connectivity index (χ4n) is 4.10. The monoisotopic (exact) mass is 493 g/mol. The number of para-hydroxylation sites is 1. The smallest absolute Gasteiger partial charge is 0.224 e. The van der Waals surface area contributed by atoms with Gasteiger partial charge in [0.15, 0.2) is 9.84 Å². The lowest BCUT2D eigenvalue weighted by Gasteiger charge is -2.26. The zero-order valence-corrected chi connectivity index (χ0v) is 22.0. The van der Waals surface area contributed by atoms with Gasteiger partial charge in [-0.25, -0.2) is 8.42 Å². The first kappa shape index (κ1) is 26.5. The van der Waals surface area contributed by atoms with Gasteiger partial charge in [-0.3, -0.25) is 4.79 Å². The molecular weight excluding hydrogens is 458 g/mol. The molecule has 1 atom stereocenters. The van der Waals surface area contributed by atoms with Crippen molar-refractivity contribution in [1.29, 1.82) is 0 Å². The molecule has 0 heterocycles. The number of hydrogen-bond donors (Lipinski definition) is 0. The normalized spacial score (nSPS) is 12.7. The summed E-state index contributed by atoms with van der Waals surface area (Å²) in [6.07, 6.45) is -0.176. The zero-order chi connectivity index (χ0) is 25.6. The Morgan fingerprint density at radius 2 is 1.51 bits per heavy atom. The van der Waals surface area contributed by atoms with E-state index in [1.165, 1.54) is 7.11 Å². The average molecular weight is 494 g/mol. The molecule has 0 aliphatic heterocycles. The van der Waals surface area contributed by atoms with Gasteiger partial charge < -0.3 is 9.64 Å². The van der Waals surface area contributed by atoms with Crippen LogP contribution in [-0.4, -0.2) is 32.9 Å². The SMILES string of the molecule is CCN(Cc1ccccc1)C(=O)CC(c1ccccc1OC)S(=O)(=O)c1ccc(C(C)(C)C)cc1. The standard InChI is InChI=1S/C29H35NO4S/c1-6-30(21-22-12-8-7-9-13-22)28(31)20-27(25-14-10-11-15-26(25)34-5)35(32,33)24-18-16-23(17-19-24)29(2,3)4/h7-19,27H,6,20-21H2,1-5H3. The molecule has 35 heavy (non-hydrogen) atoms. The molecule has 0 aliphatic carbocycles. The van der Waals surface area contributed by atoms with Crippen molar-refractivity contribution in [3.05, 3.63) is 95.6 Å². The number of amides is 1. The van der Waals surface area contributed by atoms with E-state index in [-0.39, 0.29) is 22.6 Å². The Kier molecular flexibility index (Phi) is 8.39. The number of nitrogens with zero attached hydrogens (tertiary/aromatic N) is 1. The Bertz CT molecular complexity index is 1230. The number of sulfone groups is 1. The quantitative estimate of drug-likeness (QED) is 0.370. The van der Waals surface area contributed by atoms with Crippen LogP contribution >= 0.6 is 0 Å². The maximum atomic E-state index is 13.9. The molecule has 0 N–H and O–H groups in total. The second-order valence-corrected chi connectivity index (χ2v) is 11.8. The number of carbonyl (C=O) groups excluding carboxylic acids is 1. The second-order valence-electron chi connectivity index (χ2n) is 9.65. The summed E-state index contributed by atoms with van der Waals surface area (Å²) < 4.78 is 33.4. The van der Waals surface area contributed by atoms with E-state index >= 15 is 0 Å². The van der Waals surface area contributed by atoms with Crippen molar-refractivity contribution in [2.45, 2.75) is 56.2 Å². The Morgan fingerprint density at radius 3 is 2.09 bits per heavy atom. The molecule has 0 saturated carbocycles. The Hall–Kier alpha value is -3.12. The van der Waals surface area contributed by atoms with Gasteiger partial charge in [0.1, 0.15) is 11.0 Å². The molecule has 3 aromatic carbocycles. The molecule has 0 bridgehead atoms. The molecule has 3 rings (SSSR count). The molecule has 5 nitrogen and oxygen atoms in total. The van der Waals surface area contributed by atoms with E-state index in [9.17, 15) is 13.2 Å².